The summed E-state index contributed by atoms with van der Waals surface area (Å²) >= 11 is 0. The van der Waals surface area contributed by atoms with E-state index in [0.29, 0.717) is 0 Å². The van der Waals surface area contributed by atoms with Gasteiger partial charge in [-0.25, -0.2) is 0 Å². The van der Waals surface area contributed by atoms with Crippen LogP contribution in [0.15, 0.2) is 0 Å². The van der Waals surface area contributed by atoms with Gasteiger partial charge >= 0.3 is 5.97 Å². The second-order valence-electron chi connectivity index (χ2n) is 5.85. The van der Waals surface area contributed by atoms with Gasteiger partial charge in [-0.1, -0.05) is 65.7 Å². The minimum absolute atomic E-state index is 0.000472. The van der Waals surface area contributed by atoms with Crippen LogP contribution in [-0.2, 0) is 9.53 Å². The third-order valence-electron chi connectivity index (χ3n) is 3.67. The van der Waals surface area contributed by atoms with Crippen LogP contribution in [0.2, 0.25) is 0 Å². The van der Waals surface area contributed by atoms with Crippen LogP contribution >= 0.6 is 0 Å². The zero-order valence-corrected chi connectivity index (χ0v) is 13.5. The molecule has 0 rings (SSSR count). The SMILES string of the molecule is CCCCCCC(C)OC(=O)C(C)CCCCCC. The van der Waals surface area contributed by atoms with Gasteiger partial charge in [-0.05, 0) is 26.2 Å². The molecule has 114 valence electrons. The maximum absolute atomic E-state index is 11.9. The molecule has 2 heteroatoms. The van der Waals surface area contributed by atoms with Crippen LogP contribution in [0.5, 0.6) is 0 Å². The largest absolute Gasteiger partial charge is 0.462 e. The zero-order chi connectivity index (χ0) is 14.5. The summed E-state index contributed by atoms with van der Waals surface area (Å²) in [7, 11) is 0. The highest BCUT2D eigenvalue weighted by Gasteiger charge is 2.16. The van der Waals surface area contributed by atoms with Gasteiger partial charge in [0.15, 0.2) is 0 Å². The fourth-order valence-corrected chi connectivity index (χ4v) is 2.23. The van der Waals surface area contributed by atoms with E-state index in [1.165, 1.54) is 44.9 Å². The molecule has 19 heavy (non-hydrogen) atoms. The summed E-state index contributed by atoms with van der Waals surface area (Å²) in [5, 5.41) is 0. The molecule has 2 unspecified atom stereocenters. The molecule has 0 aromatic heterocycles. The fourth-order valence-electron chi connectivity index (χ4n) is 2.23. The minimum atomic E-state index is -0.000472. The maximum Gasteiger partial charge on any atom is 0.308 e. The van der Waals surface area contributed by atoms with Gasteiger partial charge in [0.1, 0.15) is 0 Å². The first-order chi connectivity index (χ1) is 9.11. The first kappa shape index (κ1) is 18.5. The molecule has 0 saturated heterocycles. The molecule has 0 heterocycles. The summed E-state index contributed by atoms with van der Waals surface area (Å²) in [6.45, 7) is 8.44. The first-order valence-corrected chi connectivity index (χ1v) is 8.32. The van der Waals surface area contributed by atoms with Crippen molar-refractivity contribution in [2.45, 2.75) is 98.0 Å². The molecule has 0 aromatic rings. The predicted molar refractivity (Wildman–Crippen MR) is 82.2 cm³/mol. The molecular formula is C17H34O2. The fraction of sp³-hybridized carbons (Fsp3) is 0.941. The standard InChI is InChI=1S/C17H34O2/c1-5-7-9-11-13-15(3)17(18)19-16(4)14-12-10-8-6-2/h15-16H,5-14H2,1-4H3. The van der Waals surface area contributed by atoms with E-state index >= 15 is 0 Å². The topological polar surface area (TPSA) is 26.3 Å². The van der Waals surface area contributed by atoms with Crippen LogP contribution in [0, 0.1) is 5.92 Å². The van der Waals surface area contributed by atoms with Gasteiger partial charge in [0.25, 0.3) is 0 Å². The number of ether oxygens (including phenoxy) is 1. The predicted octanol–water partition coefficient (Wildman–Crippen LogP) is 5.50. The Bertz CT molecular complexity index is 213. The van der Waals surface area contributed by atoms with Crippen molar-refractivity contribution in [3.05, 3.63) is 0 Å². The zero-order valence-electron chi connectivity index (χ0n) is 13.5. The van der Waals surface area contributed by atoms with Crippen LogP contribution in [0.3, 0.4) is 0 Å². The van der Waals surface area contributed by atoms with E-state index in [1.54, 1.807) is 0 Å². The third kappa shape index (κ3) is 11.0. The van der Waals surface area contributed by atoms with Crippen LogP contribution in [0.4, 0.5) is 0 Å². The van der Waals surface area contributed by atoms with Crippen molar-refractivity contribution in [1.82, 2.24) is 0 Å². The number of hydrogen-bond donors (Lipinski definition) is 0. The average Bonchev–Trinajstić information content (AvgIpc) is 2.39. The lowest BCUT2D eigenvalue weighted by Gasteiger charge is -2.16. The van der Waals surface area contributed by atoms with Crippen molar-refractivity contribution >= 4 is 5.97 Å². The van der Waals surface area contributed by atoms with Gasteiger partial charge < -0.3 is 4.74 Å². The molecule has 2 nitrogen and oxygen atoms in total. The minimum Gasteiger partial charge on any atom is -0.462 e. The van der Waals surface area contributed by atoms with Crippen LogP contribution in [-0.4, -0.2) is 12.1 Å². The quantitative estimate of drug-likeness (QED) is 0.346. The Kier molecular flexibility index (Phi) is 12.2. The normalized spacial score (nSPS) is 14.1. The first-order valence-electron chi connectivity index (χ1n) is 8.32. The number of carbonyl (C=O) groups excluding carboxylic acids is 1. The maximum atomic E-state index is 11.9. The summed E-state index contributed by atoms with van der Waals surface area (Å²) in [5.74, 6) is 0.0643. The Balaban J connectivity index is 3.63. The highest BCUT2D eigenvalue weighted by Crippen LogP contribution is 2.15. The van der Waals surface area contributed by atoms with Crippen LogP contribution in [0.1, 0.15) is 91.9 Å². The van der Waals surface area contributed by atoms with Crippen molar-refractivity contribution in [3.8, 4) is 0 Å². The van der Waals surface area contributed by atoms with Crippen molar-refractivity contribution in [2.24, 2.45) is 5.92 Å². The molecule has 0 spiro atoms. The molecule has 0 saturated carbocycles. The number of unbranched alkanes of at least 4 members (excludes halogenated alkanes) is 6. The van der Waals surface area contributed by atoms with Crippen LogP contribution < -0.4 is 0 Å². The lowest BCUT2D eigenvalue weighted by molar-refractivity contribution is -0.153. The Morgan fingerprint density at radius 2 is 1.37 bits per heavy atom. The van der Waals surface area contributed by atoms with Gasteiger partial charge in [-0.15, -0.1) is 0 Å². The summed E-state index contributed by atoms with van der Waals surface area (Å²) in [6, 6.07) is 0. The average molecular weight is 270 g/mol. The Hall–Kier alpha value is -0.530. The molecule has 0 fully saturated rings. The summed E-state index contributed by atoms with van der Waals surface area (Å²) in [5.41, 5.74) is 0. The van der Waals surface area contributed by atoms with Crippen molar-refractivity contribution in [3.63, 3.8) is 0 Å². The van der Waals surface area contributed by atoms with E-state index in [4.69, 9.17) is 4.74 Å². The second kappa shape index (κ2) is 12.5. The van der Waals surface area contributed by atoms with Crippen molar-refractivity contribution in [2.75, 3.05) is 0 Å². The van der Waals surface area contributed by atoms with E-state index in [9.17, 15) is 4.79 Å². The summed E-state index contributed by atoms with van der Waals surface area (Å²) < 4.78 is 5.51. The number of hydrogen-bond acceptors (Lipinski definition) is 2. The Morgan fingerprint density at radius 3 is 1.89 bits per heavy atom. The summed E-state index contributed by atoms with van der Waals surface area (Å²) in [4.78, 5) is 11.9. The highest BCUT2D eigenvalue weighted by atomic mass is 16.5. The molecule has 0 bridgehead atoms. The Labute approximate surface area is 120 Å². The molecular weight excluding hydrogens is 236 g/mol. The van der Waals surface area contributed by atoms with E-state index in [0.717, 1.165) is 19.3 Å². The highest BCUT2D eigenvalue weighted by molar-refractivity contribution is 5.72. The van der Waals surface area contributed by atoms with Crippen molar-refractivity contribution < 1.29 is 9.53 Å². The van der Waals surface area contributed by atoms with Gasteiger partial charge in [-0.2, -0.15) is 0 Å². The summed E-state index contributed by atoms with van der Waals surface area (Å²) in [6.07, 6.45) is 11.9. The number of esters is 1. The van der Waals surface area contributed by atoms with E-state index in [-0.39, 0.29) is 18.0 Å². The second-order valence-corrected chi connectivity index (χ2v) is 5.85. The molecule has 0 amide bonds. The third-order valence-corrected chi connectivity index (χ3v) is 3.67. The molecule has 0 aliphatic carbocycles. The smallest absolute Gasteiger partial charge is 0.308 e. The van der Waals surface area contributed by atoms with Gasteiger partial charge in [0.05, 0.1) is 12.0 Å². The molecule has 0 aromatic carbocycles. The number of rotatable bonds is 12. The van der Waals surface area contributed by atoms with E-state index < -0.39 is 0 Å². The number of carbonyl (C=O) groups is 1. The lowest BCUT2D eigenvalue weighted by atomic mass is 10.0. The van der Waals surface area contributed by atoms with E-state index in [2.05, 4.69) is 13.8 Å². The lowest BCUT2D eigenvalue weighted by Crippen LogP contribution is -2.20. The Morgan fingerprint density at radius 1 is 0.842 bits per heavy atom. The van der Waals surface area contributed by atoms with Crippen LogP contribution in [0.25, 0.3) is 0 Å². The molecule has 0 N–H and O–H groups in total. The molecule has 2 atom stereocenters. The molecule has 0 radical (unpaired) electrons. The molecule has 0 aliphatic heterocycles. The van der Waals surface area contributed by atoms with Gasteiger partial charge in [0, 0.05) is 0 Å². The monoisotopic (exact) mass is 270 g/mol. The van der Waals surface area contributed by atoms with Gasteiger partial charge in [0.2, 0.25) is 0 Å². The van der Waals surface area contributed by atoms with E-state index in [1.807, 2.05) is 13.8 Å². The van der Waals surface area contributed by atoms with Crippen molar-refractivity contribution in [1.29, 1.82) is 0 Å². The van der Waals surface area contributed by atoms with Gasteiger partial charge in [-0.3, -0.25) is 4.79 Å². The molecule has 0 aliphatic rings.